The molecule has 2 aliphatic heterocycles. The van der Waals surface area contributed by atoms with Crippen LogP contribution in [0.1, 0.15) is 47.5 Å². The number of nitrogens with zero attached hydrogens (tertiary/aromatic N) is 2. The van der Waals surface area contributed by atoms with E-state index in [4.69, 9.17) is 30.8 Å². The molecule has 2 fully saturated rings. The fourth-order valence-corrected chi connectivity index (χ4v) is 6.80. The Hall–Kier alpha value is -2.55. The maximum atomic E-state index is 13.2. The molecule has 0 spiro atoms. The third kappa shape index (κ3) is 4.79. The van der Waals surface area contributed by atoms with Crippen molar-refractivity contribution in [1.82, 2.24) is 15.2 Å². The van der Waals surface area contributed by atoms with Gasteiger partial charge in [0, 0.05) is 23.7 Å². The Kier molecular flexibility index (Phi) is 7.05. The third-order valence-corrected chi connectivity index (χ3v) is 8.43. The number of para-hydroxylation sites is 1. The molecule has 1 aromatic heterocycles. The Morgan fingerprint density at radius 3 is 2.40 bits per heavy atom. The van der Waals surface area contributed by atoms with E-state index in [-0.39, 0.29) is 11.9 Å². The summed E-state index contributed by atoms with van der Waals surface area (Å²) >= 11 is 8.07. The number of carbonyl (C=O) groups excluding carboxylic acids is 1. The van der Waals surface area contributed by atoms with Gasteiger partial charge >= 0.3 is 0 Å². The molecule has 2 unspecified atom stereocenters. The van der Waals surface area contributed by atoms with Gasteiger partial charge in [0.15, 0.2) is 11.5 Å². The van der Waals surface area contributed by atoms with Crippen LogP contribution in [-0.4, -0.2) is 55.2 Å². The minimum atomic E-state index is -0.124. The summed E-state index contributed by atoms with van der Waals surface area (Å²) in [5, 5.41) is 5.08. The zero-order chi connectivity index (χ0) is 24.5. The van der Waals surface area contributed by atoms with Gasteiger partial charge in [-0.05, 0) is 49.9 Å². The first-order valence-corrected chi connectivity index (χ1v) is 13.1. The van der Waals surface area contributed by atoms with Crippen molar-refractivity contribution >= 4 is 39.1 Å². The van der Waals surface area contributed by atoms with E-state index in [1.807, 2.05) is 12.1 Å². The summed E-state index contributed by atoms with van der Waals surface area (Å²) in [6.45, 7) is 0.832. The van der Waals surface area contributed by atoms with E-state index in [1.54, 1.807) is 44.8 Å². The lowest BCUT2D eigenvalue weighted by molar-refractivity contribution is 0.0177. The van der Waals surface area contributed by atoms with E-state index in [2.05, 4.69) is 16.3 Å². The van der Waals surface area contributed by atoms with Gasteiger partial charge < -0.3 is 19.5 Å². The number of carbonyl (C=O) groups is 1. The smallest absolute Gasteiger partial charge is 0.251 e. The number of nitrogens with one attached hydrogen (secondary N) is 1. The first-order chi connectivity index (χ1) is 17.0. The summed E-state index contributed by atoms with van der Waals surface area (Å²) in [6, 6.07) is 10.3. The molecule has 3 heterocycles. The number of amides is 1. The molecule has 5 rings (SSSR count). The second-order valence-corrected chi connectivity index (χ2v) is 10.7. The Morgan fingerprint density at radius 1 is 1.11 bits per heavy atom. The van der Waals surface area contributed by atoms with Crippen LogP contribution in [-0.2, 0) is 6.54 Å². The molecular weight excluding hydrogens is 486 g/mol. The predicted molar refractivity (Wildman–Crippen MR) is 138 cm³/mol. The summed E-state index contributed by atoms with van der Waals surface area (Å²) in [7, 11) is 4.65. The topological polar surface area (TPSA) is 72.9 Å². The summed E-state index contributed by atoms with van der Waals surface area (Å²) in [5.74, 6) is 1.30. The van der Waals surface area contributed by atoms with Crippen LogP contribution in [0.2, 0.25) is 5.02 Å². The van der Waals surface area contributed by atoms with E-state index in [0.717, 1.165) is 47.5 Å². The monoisotopic (exact) mass is 515 g/mol. The Morgan fingerprint density at radius 2 is 1.80 bits per heavy atom. The molecule has 1 N–H and O–H groups in total. The molecule has 0 aliphatic carbocycles. The van der Waals surface area contributed by atoms with Gasteiger partial charge in [0.25, 0.3) is 5.91 Å². The number of ether oxygens (including phenoxy) is 3. The van der Waals surface area contributed by atoms with Crippen LogP contribution in [0.3, 0.4) is 0 Å². The van der Waals surface area contributed by atoms with E-state index >= 15 is 0 Å². The number of benzene rings is 2. The predicted octanol–water partition coefficient (Wildman–Crippen LogP) is 5.29. The van der Waals surface area contributed by atoms with Crippen LogP contribution in [0.15, 0.2) is 30.3 Å². The van der Waals surface area contributed by atoms with Crippen molar-refractivity contribution in [3.8, 4) is 17.2 Å². The lowest BCUT2D eigenvalue weighted by Gasteiger charge is -2.48. The van der Waals surface area contributed by atoms with Crippen LogP contribution in [0.5, 0.6) is 17.2 Å². The minimum Gasteiger partial charge on any atom is -0.493 e. The van der Waals surface area contributed by atoms with Gasteiger partial charge in [0.05, 0.1) is 37.6 Å². The van der Waals surface area contributed by atoms with E-state index < -0.39 is 0 Å². The Labute approximate surface area is 214 Å². The van der Waals surface area contributed by atoms with Gasteiger partial charge in [-0.2, -0.15) is 0 Å². The molecule has 7 nitrogen and oxygen atoms in total. The highest BCUT2D eigenvalue weighted by molar-refractivity contribution is 7.18. The first kappa shape index (κ1) is 24.2. The molecule has 3 aromatic rings. The van der Waals surface area contributed by atoms with Crippen molar-refractivity contribution in [1.29, 1.82) is 0 Å². The number of halogens is 1. The molecule has 1 amide bonds. The molecule has 9 heteroatoms. The standard InChI is InChI=1S/C26H30ClN3O4S/c1-32-20-10-15(11-21(33-2)25(20)34-3)26(31)28-16-12-17-6-4-7-18(13-16)30(17)14-23-29-24-19(27)8-5-9-22(24)35-23/h5,8-11,16-18H,4,6-7,12-14H2,1-3H3,(H,28,31). The second-order valence-electron chi connectivity index (χ2n) is 9.16. The molecule has 186 valence electrons. The van der Waals surface area contributed by atoms with E-state index in [0.29, 0.717) is 39.9 Å². The van der Waals surface area contributed by atoms with Crippen molar-refractivity contribution < 1.29 is 19.0 Å². The van der Waals surface area contributed by atoms with E-state index in [9.17, 15) is 4.79 Å². The van der Waals surface area contributed by atoms with Gasteiger partial charge in [-0.1, -0.05) is 24.1 Å². The highest BCUT2D eigenvalue weighted by atomic mass is 35.5. The van der Waals surface area contributed by atoms with Gasteiger partial charge in [-0.3, -0.25) is 9.69 Å². The van der Waals surface area contributed by atoms with Crippen molar-refractivity contribution in [2.24, 2.45) is 0 Å². The molecule has 2 aromatic carbocycles. The van der Waals surface area contributed by atoms with Gasteiger partial charge in [0.2, 0.25) is 5.75 Å². The third-order valence-electron chi connectivity index (χ3n) is 7.12. The molecule has 2 bridgehead atoms. The fraction of sp³-hybridized carbons (Fsp3) is 0.462. The number of thiazole rings is 1. The lowest BCUT2D eigenvalue weighted by atomic mass is 9.81. The van der Waals surface area contributed by atoms with Gasteiger partial charge in [0.1, 0.15) is 10.5 Å². The molecule has 2 atom stereocenters. The van der Waals surface area contributed by atoms with Crippen LogP contribution < -0.4 is 19.5 Å². The number of methoxy groups -OCH3 is 3. The minimum absolute atomic E-state index is 0.123. The molecular formula is C26H30ClN3O4S. The van der Waals surface area contributed by atoms with Gasteiger partial charge in [-0.25, -0.2) is 4.98 Å². The Bertz CT molecular complexity index is 1190. The summed E-state index contributed by atoms with van der Waals surface area (Å²) < 4.78 is 17.3. The molecule has 0 saturated carbocycles. The fourth-order valence-electron chi connectivity index (χ4n) is 5.52. The number of hydrogen-bond acceptors (Lipinski definition) is 7. The number of rotatable bonds is 7. The normalized spacial score (nSPS) is 22.1. The molecule has 0 radical (unpaired) electrons. The first-order valence-electron chi connectivity index (χ1n) is 11.9. The quantitative estimate of drug-likeness (QED) is 0.461. The van der Waals surface area contributed by atoms with Gasteiger partial charge in [-0.15, -0.1) is 11.3 Å². The number of fused-ring (bicyclic) bond motifs is 3. The summed E-state index contributed by atoms with van der Waals surface area (Å²) in [4.78, 5) is 20.6. The summed E-state index contributed by atoms with van der Waals surface area (Å²) in [6.07, 6.45) is 5.36. The van der Waals surface area contributed by atoms with Crippen molar-refractivity contribution in [3.63, 3.8) is 0 Å². The van der Waals surface area contributed by atoms with Crippen LogP contribution in [0, 0.1) is 0 Å². The maximum absolute atomic E-state index is 13.2. The van der Waals surface area contributed by atoms with Crippen LogP contribution in [0.4, 0.5) is 0 Å². The van der Waals surface area contributed by atoms with Crippen LogP contribution in [0.25, 0.3) is 10.2 Å². The van der Waals surface area contributed by atoms with Crippen molar-refractivity contribution in [2.75, 3.05) is 21.3 Å². The number of aromatic nitrogens is 1. The second kappa shape index (κ2) is 10.2. The van der Waals surface area contributed by atoms with Crippen LogP contribution >= 0.6 is 22.9 Å². The van der Waals surface area contributed by atoms with Crippen molar-refractivity contribution in [2.45, 2.75) is 56.8 Å². The zero-order valence-electron chi connectivity index (χ0n) is 20.2. The number of piperidine rings is 2. The molecule has 2 aliphatic rings. The maximum Gasteiger partial charge on any atom is 0.251 e. The largest absolute Gasteiger partial charge is 0.493 e. The summed E-state index contributed by atoms with van der Waals surface area (Å²) in [5.41, 5.74) is 1.39. The molecule has 35 heavy (non-hydrogen) atoms. The number of hydrogen-bond donors (Lipinski definition) is 1. The molecule has 2 saturated heterocycles. The Balaban J connectivity index is 1.29. The van der Waals surface area contributed by atoms with Crippen molar-refractivity contribution in [3.05, 3.63) is 45.9 Å². The highest BCUT2D eigenvalue weighted by Gasteiger charge is 2.39. The SMILES string of the molecule is COc1cc(C(=O)NC2CC3CCCC(C2)N3Cc2nc3c(Cl)cccc3s2)cc(OC)c1OC. The van der Waals surface area contributed by atoms with E-state index in [1.165, 1.54) is 6.42 Å². The average Bonchev–Trinajstić information content (AvgIpc) is 3.27. The highest BCUT2D eigenvalue weighted by Crippen LogP contribution is 2.39. The average molecular weight is 516 g/mol. The zero-order valence-corrected chi connectivity index (χ0v) is 21.7. The lowest BCUT2D eigenvalue weighted by Crippen LogP contribution is -2.56.